The summed E-state index contributed by atoms with van der Waals surface area (Å²) in [4.78, 5) is 35.2. The third-order valence-electron chi connectivity index (χ3n) is 4.36. The highest BCUT2D eigenvalue weighted by Crippen LogP contribution is 2.16. The zero-order chi connectivity index (χ0) is 19.8. The van der Waals surface area contributed by atoms with Crippen LogP contribution < -0.4 is 19.7 Å². The summed E-state index contributed by atoms with van der Waals surface area (Å²) < 4.78 is 10.7. The molecule has 0 spiro atoms. The Hall–Kier alpha value is -3.36. The SMILES string of the molecule is COc1ccc(OCCNC(=O)c2cnc(N3CCN(C=O)CC3)nc2)cc1. The van der Waals surface area contributed by atoms with Crippen molar-refractivity contribution in [1.82, 2.24) is 20.2 Å². The first kappa shape index (κ1) is 19.4. The van der Waals surface area contributed by atoms with Gasteiger partial charge in [0.15, 0.2) is 0 Å². The molecule has 2 aromatic rings. The number of hydrogen-bond acceptors (Lipinski definition) is 7. The first-order valence-electron chi connectivity index (χ1n) is 9.01. The van der Waals surface area contributed by atoms with Crippen molar-refractivity contribution in [3.8, 4) is 11.5 Å². The molecule has 2 amide bonds. The Kier molecular flexibility index (Phi) is 6.61. The zero-order valence-electron chi connectivity index (χ0n) is 15.7. The van der Waals surface area contributed by atoms with Gasteiger partial charge in [-0.15, -0.1) is 0 Å². The molecular weight excluding hydrogens is 362 g/mol. The predicted octanol–water partition coefficient (Wildman–Crippen LogP) is 0.572. The minimum Gasteiger partial charge on any atom is -0.497 e. The molecule has 148 valence electrons. The first-order valence-corrected chi connectivity index (χ1v) is 9.01. The minimum absolute atomic E-state index is 0.254. The number of nitrogens with zero attached hydrogens (tertiary/aromatic N) is 4. The fourth-order valence-corrected chi connectivity index (χ4v) is 2.74. The summed E-state index contributed by atoms with van der Waals surface area (Å²) >= 11 is 0. The van der Waals surface area contributed by atoms with Crippen LogP contribution in [-0.4, -0.2) is 73.6 Å². The summed E-state index contributed by atoms with van der Waals surface area (Å²) in [6.45, 7) is 3.34. The maximum atomic E-state index is 12.2. The van der Waals surface area contributed by atoms with E-state index in [4.69, 9.17) is 9.47 Å². The van der Waals surface area contributed by atoms with E-state index in [1.54, 1.807) is 12.0 Å². The molecule has 3 rings (SSSR count). The molecule has 0 radical (unpaired) electrons. The van der Waals surface area contributed by atoms with Gasteiger partial charge in [-0.05, 0) is 24.3 Å². The summed E-state index contributed by atoms with van der Waals surface area (Å²) in [5.41, 5.74) is 0.389. The maximum absolute atomic E-state index is 12.2. The number of hydrogen-bond donors (Lipinski definition) is 1. The van der Waals surface area contributed by atoms with Gasteiger partial charge in [0.25, 0.3) is 5.91 Å². The number of ether oxygens (including phenoxy) is 2. The Bertz CT molecular complexity index is 774. The molecule has 2 heterocycles. The van der Waals surface area contributed by atoms with Crippen molar-refractivity contribution in [1.29, 1.82) is 0 Å². The molecular formula is C19H23N5O4. The summed E-state index contributed by atoms with van der Waals surface area (Å²) in [5, 5.41) is 2.78. The second-order valence-electron chi connectivity index (χ2n) is 6.18. The number of piperazine rings is 1. The lowest BCUT2D eigenvalue weighted by Crippen LogP contribution is -2.46. The Morgan fingerprint density at radius 3 is 2.36 bits per heavy atom. The normalized spacial score (nSPS) is 13.8. The van der Waals surface area contributed by atoms with Gasteiger partial charge >= 0.3 is 0 Å². The summed E-state index contributed by atoms with van der Waals surface area (Å²) in [6.07, 6.45) is 3.87. The summed E-state index contributed by atoms with van der Waals surface area (Å²) in [5.74, 6) is 1.77. The van der Waals surface area contributed by atoms with Gasteiger partial charge in [0.05, 0.1) is 19.2 Å². The maximum Gasteiger partial charge on any atom is 0.254 e. The van der Waals surface area contributed by atoms with Gasteiger partial charge in [-0.3, -0.25) is 9.59 Å². The standard InChI is InChI=1S/C19H23N5O4/c1-27-16-2-4-17(5-3-16)28-11-6-20-18(26)15-12-21-19(22-13-15)24-9-7-23(14-25)8-10-24/h2-5,12-14H,6-11H2,1H3,(H,20,26). The van der Waals surface area contributed by atoms with Crippen LogP contribution in [0.2, 0.25) is 0 Å². The summed E-state index contributed by atoms with van der Waals surface area (Å²) in [7, 11) is 1.61. The second kappa shape index (κ2) is 9.54. The highest BCUT2D eigenvalue weighted by molar-refractivity contribution is 5.93. The van der Waals surface area contributed by atoms with E-state index in [1.807, 2.05) is 29.2 Å². The molecule has 9 nitrogen and oxygen atoms in total. The predicted molar refractivity (Wildman–Crippen MR) is 103 cm³/mol. The highest BCUT2D eigenvalue weighted by Gasteiger charge is 2.18. The molecule has 1 aliphatic rings. The average molecular weight is 385 g/mol. The third-order valence-corrected chi connectivity index (χ3v) is 4.36. The van der Waals surface area contributed by atoms with E-state index in [0.29, 0.717) is 56.6 Å². The molecule has 0 atom stereocenters. The van der Waals surface area contributed by atoms with E-state index in [1.165, 1.54) is 12.4 Å². The van der Waals surface area contributed by atoms with Crippen LogP contribution in [0.15, 0.2) is 36.7 Å². The van der Waals surface area contributed by atoms with Crippen LogP contribution in [0.25, 0.3) is 0 Å². The number of methoxy groups -OCH3 is 1. The molecule has 1 aromatic carbocycles. The molecule has 0 saturated carbocycles. The number of benzene rings is 1. The number of carbonyl (C=O) groups is 2. The van der Waals surface area contributed by atoms with Gasteiger partial charge in [0.1, 0.15) is 18.1 Å². The van der Waals surface area contributed by atoms with Crippen molar-refractivity contribution in [3.05, 3.63) is 42.2 Å². The lowest BCUT2D eigenvalue weighted by atomic mass is 10.3. The van der Waals surface area contributed by atoms with E-state index < -0.39 is 0 Å². The minimum atomic E-state index is -0.254. The van der Waals surface area contributed by atoms with Gasteiger partial charge in [0.2, 0.25) is 12.4 Å². The zero-order valence-corrected chi connectivity index (χ0v) is 15.7. The average Bonchev–Trinajstić information content (AvgIpc) is 2.77. The van der Waals surface area contributed by atoms with Crippen molar-refractivity contribution < 1.29 is 19.1 Å². The molecule has 1 aliphatic heterocycles. The highest BCUT2D eigenvalue weighted by atomic mass is 16.5. The van der Waals surface area contributed by atoms with Crippen molar-refractivity contribution in [3.63, 3.8) is 0 Å². The fourth-order valence-electron chi connectivity index (χ4n) is 2.74. The number of rotatable bonds is 8. The molecule has 0 aliphatic carbocycles. The Morgan fingerprint density at radius 2 is 1.75 bits per heavy atom. The molecule has 28 heavy (non-hydrogen) atoms. The van der Waals surface area contributed by atoms with Crippen molar-refractivity contribution in [2.75, 3.05) is 51.3 Å². The Labute approximate surface area is 163 Å². The van der Waals surface area contributed by atoms with E-state index in [0.717, 1.165) is 12.2 Å². The largest absolute Gasteiger partial charge is 0.497 e. The number of anilines is 1. The monoisotopic (exact) mass is 385 g/mol. The van der Waals surface area contributed by atoms with E-state index >= 15 is 0 Å². The number of aromatic nitrogens is 2. The number of nitrogens with one attached hydrogen (secondary N) is 1. The Morgan fingerprint density at radius 1 is 1.11 bits per heavy atom. The van der Waals surface area contributed by atoms with Crippen LogP contribution in [0.5, 0.6) is 11.5 Å². The second-order valence-corrected chi connectivity index (χ2v) is 6.18. The van der Waals surface area contributed by atoms with Crippen LogP contribution in [0, 0.1) is 0 Å². The van der Waals surface area contributed by atoms with Crippen molar-refractivity contribution in [2.45, 2.75) is 0 Å². The van der Waals surface area contributed by atoms with Crippen LogP contribution in [-0.2, 0) is 4.79 Å². The van der Waals surface area contributed by atoms with Gasteiger partial charge in [-0.2, -0.15) is 0 Å². The van der Waals surface area contributed by atoms with Gasteiger partial charge in [-0.25, -0.2) is 9.97 Å². The van der Waals surface area contributed by atoms with E-state index in [-0.39, 0.29) is 5.91 Å². The topological polar surface area (TPSA) is 96.9 Å². The molecule has 1 fully saturated rings. The lowest BCUT2D eigenvalue weighted by molar-refractivity contribution is -0.118. The van der Waals surface area contributed by atoms with E-state index in [9.17, 15) is 9.59 Å². The number of amides is 2. The van der Waals surface area contributed by atoms with Gasteiger partial charge in [0, 0.05) is 38.6 Å². The van der Waals surface area contributed by atoms with Gasteiger partial charge < -0.3 is 24.6 Å². The fraction of sp³-hybridized carbons (Fsp3) is 0.368. The molecule has 1 saturated heterocycles. The van der Waals surface area contributed by atoms with Crippen molar-refractivity contribution in [2.24, 2.45) is 0 Å². The van der Waals surface area contributed by atoms with Crippen molar-refractivity contribution >= 4 is 18.3 Å². The Balaban J connectivity index is 1.42. The van der Waals surface area contributed by atoms with Crippen LogP contribution >= 0.6 is 0 Å². The third kappa shape index (κ3) is 5.09. The lowest BCUT2D eigenvalue weighted by Gasteiger charge is -2.32. The summed E-state index contributed by atoms with van der Waals surface area (Å²) in [6, 6.07) is 7.24. The molecule has 0 unspecified atom stereocenters. The van der Waals surface area contributed by atoms with Crippen LogP contribution in [0.3, 0.4) is 0 Å². The van der Waals surface area contributed by atoms with E-state index in [2.05, 4.69) is 15.3 Å². The molecule has 0 bridgehead atoms. The molecule has 9 heteroatoms. The smallest absolute Gasteiger partial charge is 0.254 e. The molecule has 1 aromatic heterocycles. The van der Waals surface area contributed by atoms with Crippen LogP contribution in [0.1, 0.15) is 10.4 Å². The first-order chi connectivity index (χ1) is 13.7. The van der Waals surface area contributed by atoms with Gasteiger partial charge in [-0.1, -0.05) is 0 Å². The molecule has 1 N–H and O–H groups in total. The number of carbonyl (C=O) groups excluding carboxylic acids is 2. The van der Waals surface area contributed by atoms with Crippen LogP contribution in [0.4, 0.5) is 5.95 Å². The quantitative estimate of drug-likeness (QED) is 0.524.